The van der Waals surface area contributed by atoms with E-state index < -0.39 is 9.84 Å². The van der Waals surface area contributed by atoms with Crippen LogP contribution in [0.2, 0.25) is 0 Å². The molecule has 5 heteroatoms. The highest BCUT2D eigenvalue weighted by molar-refractivity contribution is 7.92. The van der Waals surface area contributed by atoms with Crippen LogP contribution in [-0.2, 0) is 9.84 Å². The van der Waals surface area contributed by atoms with Gasteiger partial charge in [0, 0.05) is 32.7 Å². The number of sulfone groups is 1. The highest BCUT2D eigenvalue weighted by Gasteiger charge is 2.32. The maximum atomic E-state index is 11.6. The Labute approximate surface area is 85.6 Å². The summed E-state index contributed by atoms with van der Waals surface area (Å²) < 4.78 is 23.2. The number of piperazine rings is 1. The molecule has 0 aromatic heterocycles. The fourth-order valence-corrected chi connectivity index (χ4v) is 4.11. The van der Waals surface area contributed by atoms with E-state index in [9.17, 15) is 8.42 Å². The normalized spacial score (nSPS) is 33.3. The summed E-state index contributed by atoms with van der Waals surface area (Å²) in [5.41, 5.74) is 0. The molecule has 1 N–H and O–H groups in total. The maximum Gasteiger partial charge on any atom is 0.154 e. The van der Waals surface area contributed by atoms with E-state index in [-0.39, 0.29) is 5.25 Å². The minimum atomic E-state index is -2.75. The molecule has 2 saturated heterocycles. The predicted molar refractivity (Wildman–Crippen MR) is 56.1 cm³/mol. The maximum absolute atomic E-state index is 11.6. The van der Waals surface area contributed by atoms with Gasteiger partial charge in [0.05, 0.1) is 11.0 Å². The van der Waals surface area contributed by atoms with E-state index in [4.69, 9.17) is 0 Å². The Morgan fingerprint density at radius 3 is 2.57 bits per heavy atom. The number of nitrogens with one attached hydrogen (secondary N) is 1. The van der Waals surface area contributed by atoms with Crippen molar-refractivity contribution in [3.8, 4) is 0 Å². The van der Waals surface area contributed by atoms with E-state index in [1.54, 1.807) is 0 Å². The minimum Gasteiger partial charge on any atom is -0.314 e. The number of rotatable bonds is 2. The Morgan fingerprint density at radius 1 is 1.29 bits per heavy atom. The van der Waals surface area contributed by atoms with Crippen molar-refractivity contribution >= 4 is 9.84 Å². The zero-order chi connectivity index (χ0) is 10.0. The predicted octanol–water partition coefficient (Wildman–Crippen LogP) is -0.531. The molecule has 0 aromatic carbocycles. The lowest BCUT2D eigenvalue weighted by atomic mass is 10.2. The number of hydrogen-bond acceptors (Lipinski definition) is 4. The average Bonchev–Trinajstić information content (AvgIpc) is 2.48. The molecule has 0 aromatic rings. The largest absolute Gasteiger partial charge is 0.314 e. The summed E-state index contributed by atoms with van der Waals surface area (Å²) in [5, 5.41) is 3.19. The molecule has 0 radical (unpaired) electrons. The second kappa shape index (κ2) is 4.16. The molecule has 0 spiro atoms. The van der Waals surface area contributed by atoms with Crippen molar-refractivity contribution in [3.05, 3.63) is 0 Å². The van der Waals surface area contributed by atoms with E-state index in [0.717, 1.165) is 45.6 Å². The summed E-state index contributed by atoms with van der Waals surface area (Å²) in [6.45, 7) is 4.72. The monoisotopic (exact) mass is 218 g/mol. The van der Waals surface area contributed by atoms with Crippen LogP contribution in [0.15, 0.2) is 0 Å². The van der Waals surface area contributed by atoms with Gasteiger partial charge < -0.3 is 5.32 Å². The molecular weight excluding hydrogens is 200 g/mol. The van der Waals surface area contributed by atoms with Gasteiger partial charge in [0.2, 0.25) is 0 Å². The Balaban J connectivity index is 1.90. The summed E-state index contributed by atoms with van der Waals surface area (Å²) in [6, 6.07) is 0. The molecule has 2 aliphatic rings. The SMILES string of the molecule is O=S1(=O)CCC[C@H]1CN1CCNCC1. The molecular formula is C9H18N2O2S. The van der Waals surface area contributed by atoms with E-state index in [1.807, 2.05) is 0 Å². The van der Waals surface area contributed by atoms with Crippen LogP contribution in [0.1, 0.15) is 12.8 Å². The summed E-state index contributed by atoms with van der Waals surface area (Å²) in [7, 11) is -2.75. The van der Waals surface area contributed by atoms with Crippen LogP contribution in [0.25, 0.3) is 0 Å². The Hall–Kier alpha value is -0.130. The third kappa shape index (κ3) is 2.27. The molecule has 0 aliphatic carbocycles. The average molecular weight is 218 g/mol. The first-order valence-electron chi connectivity index (χ1n) is 5.33. The van der Waals surface area contributed by atoms with Crippen molar-refractivity contribution in [2.75, 3.05) is 38.5 Å². The van der Waals surface area contributed by atoms with Gasteiger partial charge in [-0.25, -0.2) is 8.42 Å². The van der Waals surface area contributed by atoms with E-state index in [1.165, 1.54) is 0 Å². The smallest absolute Gasteiger partial charge is 0.154 e. The van der Waals surface area contributed by atoms with Crippen LogP contribution in [0.3, 0.4) is 0 Å². The third-order valence-corrected chi connectivity index (χ3v) is 5.39. The van der Waals surface area contributed by atoms with Crippen LogP contribution in [-0.4, -0.2) is 57.0 Å². The number of nitrogens with zero attached hydrogens (tertiary/aromatic N) is 1. The third-order valence-electron chi connectivity index (χ3n) is 3.13. The van der Waals surface area contributed by atoms with Crippen molar-refractivity contribution in [1.29, 1.82) is 0 Å². The van der Waals surface area contributed by atoms with Crippen molar-refractivity contribution in [3.63, 3.8) is 0 Å². The summed E-state index contributed by atoms with van der Waals surface area (Å²) >= 11 is 0. The van der Waals surface area contributed by atoms with Gasteiger partial charge in [-0.3, -0.25) is 4.90 Å². The van der Waals surface area contributed by atoms with Gasteiger partial charge in [-0.1, -0.05) is 0 Å². The highest BCUT2D eigenvalue weighted by atomic mass is 32.2. The lowest BCUT2D eigenvalue weighted by Gasteiger charge is -2.29. The van der Waals surface area contributed by atoms with Crippen molar-refractivity contribution < 1.29 is 8.42 Å². The van der Waals surface area contributed by atoms with Crippen LogP contribution in [0.5, 0.6) is 0 Å². The van der Waals surface area contributed by atoms with Crippen LogP contribution in [0, 0.1) is 0 Å². The molecule has 2 fully saturated rings. The summed E-state index contributed by atoms with van der Waals surface area (Å²) in [5.74, 6) is 0.407. The standard InChI is InChI=1S/C9H18N2O2S/c12-14(13)7-1-2-9(14)8-11-5-3-10-4-6-11/h9-10H,1-8H2/t9-/m0/s1. The fourth-order valence-electron chi connectivity index (χ4n) is 2.24. The van der Waals surface area contributed by atoms with Crippen molar-refractivity contribution in [1.82, 2.24) is 10.2 Å². The molecule has 14 heavy (non-hydrogen) atoms. The van der Waals surface area contributed by atoms with Gasteiger partial charge in [0.15, 0.2) is 9.84 Å². The van der Waals surface area contributed by atoms with Gasteiger partial charge in [-0.05, 0) is 12.8 Å². The van der Waals surface area contributed by atoms with E-state index >= 15 is 0 Å². The van der Waals surface area contributed by atoms with Crippen molar-refractivity contribution in [2.45, 2.75) is 18.1 Å². The van der Waals surface area contributed by atoms with E-state index in [0.29, 0.717) is 5.75 Å². The van der Waals surface area contributed by atoms with Crippen LogP contribution < -0.4 is 5.32 Å². The molecule has 2 heterocycles. The lowest BCUT2D eigenvalue weighted by Crippen LogP contribution is -2.46. The molecule has 4 nitrogen and oxygen atoms in total. The number of hydrogen-bond donors (Lipinski definition) is 1. The van der Waals surface area contributed by atoms with E-state index in [2.05, 4.69) is 10.2 Å². The molecule has 2 rings (SSSR count). The van der Waals surface area contributed by atoms with Gasteiger partial charge >= 0.3 is 0 Å². The Morgan fingerprint density at radius 2 is 2.00 bits per heavy atom. The van der Waals surface area contributed by atoms with Crippen LogP contribution in [0.4, 0.5) is 0 Å². The van der Waals surface area contributed by atoms with Gasteiger partial charge in [-0.2, -0.15) is 0 Å². The quantitative estimate of drug-likeness (QED) is 0.677. The topological polar surface area (TPSA) is 49.4 Å². The second-order valence-corrected chi connectivity index (χ2v) is 6.58. The Bertz CT molecular complexity index is 283. The van der Waals surface area contributed by atoms with Gasteiger partial charge in [0.25, 0.3) is 0 Å². The minimum absolute atomic E-state index is 0.0828. The molecule has 1 atom stereocenters. The van der Waals surface area contributed by atoms with Gasteiger partial charge in [-0.15, -0.1) is 0 Å². The lowest BCUT2D eigenvalue weighted by molar-refractivity contribution is 0.239. The molecule has 0 saturated carbocycles. The van der Waals surface area contributed by atoms with Crippen molar-refractivity contribution in [2.24, 2.45) is 0 Å². The zero-order valence-electron chi connectivity index (χ0n) is 8.41. The Kier molecular flexibility index (Phi) is 3.09. The van der Waals surface area contributed by atoms with Gasteiger partial charge in [0.1, 0.15) is 0 Å². The first kappa shape index (κ1) is 10.4. The molecule has 0 unspecified atom stereocenters. The summed E-state index contributed by atoms with van der Waals surface area (Å²) in [4.78, 5) is 2.27. The highest BCUT2D eigenvalue weighted by Crippen LogP contribution is 2.20. The molecule has 2 aliphatic heterocycles. The molecule has 0 bridgehead atoms. The first-order valence-corrected chi connectivity index (χ1v) is 7.05. The zero-order valence-corrected chi connectivity index (χ0v) is 9.22. The van der Waals surface area contributed by atoms with Crippen LogP contribution >= 0.6 is 0 Å². The fraction of sp³-hybridized carbons (Fsp3) is 1.00. The molecule has 82 valence electrons. The second-order valence-electron chi connectivity index (χ2n) is 4.18. The summed E-state index contributed by atoms with van der Waals surface area (Å²) in [6.07, 6.45) is 1.73. The first-order chi connectivity index (χ1) is 6.68. The molecule has 0 amide bonds.